The van der Waals surface area contributed by atoms with Crippen LogP contribution in [-0.2, 0) is 17.9 Å². The third-order valence-electron chi connectivity index (χ3n) is 2.93. The van der Waals surface area contributed by atoms with Gasteiger partial charge in [0.15, 0.2) is 0 Å². The second-order valence-corrected chi connectivity index (χ2v) is 4.51. The first-order valence-corrected chi connectivity index (χ1v) is 6.18. The van der Waals surface area contributed by atoms with Crippen molar-refractivity contribution in [3.05, 3.63) is 47.8 Å². The van der Waals surface area contributed by atoms with E-state index in [4.69, 9.17) is 0 Å². The fourth-order valence-corrected chi connectivity index (χ4v) is 1.75. The highest BCUT2D eigenvalue weighted by molar-refractivity contribution is 5.72. The lowest BCUT2D eigenvalue weighted by Gasteiger charge is -2.15. The van der Waals surface area contributed by atoms with Gasteiger partial charge in [0, 0.05) is 32.4 Å². The number of rotatable bonds is 5. The van der Waals surface area contributed by atoms with Gasteiger partial charge in [-0.15, -0.1) is 0 Å². The number of H-pyrrole nitrogens is 1. The molecule has 5 heteroatoms. The molecule has 0 radical (unpaired) electrons. The van der Waals surface area contributed by atoms with Crippen LogP contribution < -0.4 is 5.32 Å². The van der Waals surface area contributed by atoms with Crippen LogP contribution in [0.4, 0.5) is 5.69 Å². The average molecular weight is 258 g/mol. The molecule has 0 atom stereocenters. The van der Waals surface area contributed by atoms with E-state index in [1.165, 1.54) is 0 Å². The Kier molecular flexibility index (Phi) is 4.18. The molecule has 0 aliphatic rings. The molecule has 19 heavy (non-hydrogen) atoms. The van der Waals surface area contributed by atoms with Crippen LogP contribution >= 0.6 is 0 Å². The van der Waals surface area contributed by atoms with E-state index in [0.717, 1.165) is 16.9 Å². The molecule has 1 heterocycles. The molecule has 0 saturated heterocycles. The molecule has 2 aromatic rings. The van der Waals surface area contributed by atoms with Gasteiger partial charge in [-0.2, -0.15) is 5.10 Å². The molecule has 1 aromatic heterocycles. The number of anilines is 1. The zero-order chi connectivity index (χ0) is 13.7. The normalized spacial score (nSPS) is 10.2. The fourth-order valence-electron chi connectivity index (χ4n) is 1.75. The van der Waals surface area contributed by atoms with Crippen molar-refractivity contribution in [3.8, 4) is 0 Å². The highest BCUT2D eigenvalue weighted by Gasteiger charge is 2.04. The van der Waals surface area contributed by atoms with Gasteiger partial charge in [0.25, 0.3) is 0 Å². The van der Waals surface area contributed by atoms with Gasteiger partial charge in [0.2, 0.25) is 5.91 Å². The summed E-state index contributed by atoms with van der Waals surface area (Å²) >= 11 is 0. The van der Waals surface area contributed by atoms with Crippen LogP contribution in [0.25, 0.3) is 0 Å². The Morgan fingerprint density at radius 2 is 2.26 bits per heavy atom. The van der Waals surface area contributed by atoms with Crippen LogP contribution in [0.15, 0.2) is 36.5 Å². The minimum absolute atomic E-state index is 0.0656. The summed E-state index contributed by atoms with van der Waals surface area (Å²) in [6.45, 7) is 2.89. The van der Waals surface area contributed by atoms with Crippen molar-refractivity contribution in [3.63, 3.8) is 0 Å². The zero-order valence-electron chi connectivity index (χ0n) is 11.2. The molecular formula is C14H18N4O. The maximum Gasteiger partial charge on any atom is 0.219 e. The quantitative estimate of drug-likeness (QED) is 0.862. The number of benzene rings is 1. The largest absolute Gasteiger partial charge is 0.379 e. The summed E-state index contributed by atoms with van der Waals surface area (Å²) in [6.07, 6.45) is 1.73. The molecule has 1 amide bonds. The first-order valence-electron chi connectivity index (χ1n) is 6.18. The highest BCUT2D eigenvalue weighted by Crippen LogP contribution is 2.13. The minimum Gasteiger partial charge on any atom is -0.379 e. The van der Waals surface area contributed by atoms with Crippen LogP contribution in [0.5, 0.6) is 0 Å². The second kappa shape index (κ2) is 6.04. The Morgan fingerprint density at radius 3 is 2.95 bits per heavy atom. The second-order valence-electron chi connectivity index (χ2n) is 4.51. The Balaban J connectivity index is 1.96. The van der Waals surface area contributed by atoms with Crippen LogP contribution in [0, 0.1) is 0 Å². The molecule has 5 nitrogen and oxygen atoms in total. The van der Waals surface area contributed by atoms with E-state index in [-0.39, 0.29) is 5.91 Å². The Bertz CT molecular complexity index is 536. The number of carbonyl (C=O) groups is 1. The van der Waals surface area contributed by atoms with E-state index in [2.05, 4.69) is 21.6 Å². The van der Waals surface area contributed by atoms with Crippen molar-refractivity contribution in [2.24, 2.45) is 0 Å². The SMILES string of the molecule is CC(=O)N(C)Cc1cccc(NCc2ccn[nH]2)c1. The molecular weight excluding hydrogens is 240 g/mol. The average Bonchev–Trinajstić information content (AvgIpc) is 2.90. The van der Waals surface area contributed by atoms with E-state index in [0.29, 0.717) is 13.1 Å². The smallest absolute Gasteiger partial charge is 0.219 e. The monoisotopic (exact) mass is 258 g/mol. The van der Waals surface area contributed by atoms with Crippen molar-refractivity contribution in [2.75, 3.05) is 12.4 Å². The summed E-state index contributed by atoms with van der Waals surface area (Å²) in [5, 5.41) is 10.1. The third-order valence-corrected chi connectivity index (χ3v) is 2.93. The number of nitrogens with one attached hydrogen (secondary N) is 2. The molecule has 0 fully saturated rings. The molecule has 0 saturated carbocycles. The van der Waals surface area contributed by atoms with E-state index in [1.807, 2.05) is 24.3 Å². The van der Waals surface area contributed by atoms with Crippen LogP contribution in [-0.4, -0.2) is 28.1 Å². The number of aromatic amines is 1. The van der Waals surface area contributed by atoms with Crippen LogP contribution in [0.2, 0.25) is 0 Å². The molecule has 1 aromatic carbocycles. The molecule has 0 aliphatic carbocycles. The van der Waals surface area contributed by atoms with Crippen molar-refractivity contribution in [1.82, 2.24) is 15.1 Å². The summed E-state index contributed by atoms with van der Waals surface area (Å²) in [6, 6.07) is 9.99. The van der Waals surface area contributed by atoms with Gasteiger partial charge in [0.1, 0.15) is 0 Å². The first kappa shape index (κ1) is 13.1. The van der Waals surface area contributed by atoms with Crippen molar-refractivity contribution < 1.29 is 4.79 Å². The molecule has 2 N–H and O–H groups in total. The molecule has 0 aliphatic heterocycles. The molecule has 0 unspecified atom stereocenters. The van der Waals surface area contributed by atoms with E-state index >= 15 is 0 Å². The summed E-state index contributed by atoms with van der Waals surface area (Å²) in [5.41, 5.74) is 3.17. The van der Waals surface area contributed by atoms with E-state index in [1.54, 1.807) is 25.1 Å². The van der Waals surface area contributed by atoms with Crippen molar-refractivity contribution in [2.45, 2.75) is 20.0 Å². The summed E-state index contributed by atoms with van der Waals surface area (Å²) in [7, 11) is 1.80. The first-order chi connectivity index (χ1) is 9.15. The van der Waals surface area contributed by atoms with Gasteiger partial charge in [-0.25, -0.2) is 0 Å². The highest BCUT2D eigenvalue weighted by atomic mass is 16.2. The molecule has 2 rings (SSSR count). The van der Waals surface area contributed by atoms with E-state index < -0.39 is 0 Å². The fraction of sp³-hybridized carbons (Fsp3) is 0.286. The van der Waals surface area contributed by atoms with Crippen molar-refractivity contribution in [1.29, 1.82) is 0 Å². The van der Waals surface area contributed by atoms with Gasteiger partial charge < -0.3 is 10.2 Å². The van der Waals surface area contributed by atoms with Gasteiger partial charge in [-0.1, -0.05) is 12.1 Å². The standard InChI is InChI=1S/C14H18N4O/c1-11(19)18(2)10-12-4-3-5-13(8-12)15-9-14-6-7-16-17-14/h3-8,15H,9-10H2,1-2H3,(H,16,17). The lowest BCUT2D eigenvalue weighted by Crippen LogP contribution is -2.23. The lowest BCUT2D eigenvalue weighted by molar-refractivity contribution is -0.128. The Labute approximate surface area is 112 Å². The van der Waals surface area contributed by atoms with Gasteiger partial charge in [-0.05, 0) is 23.8 Å². The van der Waals surface area contributed by atoms with Crippen LogP contribution in [0.3, 0.4) is 0 Å². The summed E-state index contributed by atoms with van der Waals surface area (Å²) < 4.78 is 0. The van der Waals surface area contributed by atoms with Crippen molar-refractivity contribution >= 4 is 11.6 Å². The molecule has 0 bridgehead atoms. The molecule has 0 spiro atoms. The number of amides is 1. The molecule has 100 valence electrons. The number of carbonyl (C=O) groups excluding carboxylic acids is 1. The topological polar surface area (TPSA) is 61.0 Å². The third kappa shape index (κ3) is 3.84. The Hall–Kier alpha value is -2.30. The lowest BCUT2D eigenvalue weighted by atomic mass is 10.2. The number of hydrogen-bond donors (Lipinski definition) is 2. The Morgan fingerprint density at radius 1 is 1.42 bits per heavy atom. The number of aromatic nitrogens is 2. The zero-order valence-corrected chi connectivity index (χ0v) is 11.2. The summed E-state index contributed by atoms with van der Waals surface area (Å²) in [4.78, 5) is 12.9. The van der Waals surface area contributed by atoms with Crippen LogP contribution in [0.1, 0.15) is 18.2 Å². The van der Waals surface area contributed by atoms with E-state index in [9.17, 15) is 4.79 Å². The summed E-state index contributed by atoms with van der Waals surface area (Å²) in [5.74, 6) is 0.0656. The maximum absolute atomic E-state index is 11.2. The van der Waals surface area contributed by atoms with Gasteiger partial charge in [0.05, 0.1) is 12.2 Å². The number of nitrogens with zero attached hydrogens (tertiary/aromatic N) is 2. The predicted octanol–water partition coefficient (Wildman–Crippen LogP) is 2.00. The van der Waals surface area contributed by atoms with Gasteiger partial charge >= 0.3 is 0 Å². The predicted molar refractivity (Wildman–Crippen MR) is 74.5 cm³/mol. The maximum atomic E-state index is 11.2. The number of hydrogen-bond acceptors (Lipinski definition) is 3. The van der Waals surface area contributed by atoms with Gasteiger partial charge in [-0.3, -0.25) is 9.89 Å². The minimum atomic E-state index is 0.0656.